The molecule has 2 aromatic heterocycles. The lowest BCUT2D eigenvalue weighted by atomic mass is 10.0. The molecule has 8 rings (SSSR count). The monoisotopic (exact) mass is 518 g/mol. The number of aromatic nitrogens is 2. The van der Waals surface area contributed by atoms with E-state index in [-0.39, 0.29) is 0 Å². The van der Waals surface area contributed by atoms with E-state index in [9.17, 15) is 0 Å². The number of fused-ring (bicyclic) bond motifs is 10. The van der Waals surface area contributed by atoms with Crippen molar-refractivity contribution in [2.45, 2.75) is 0 Å². The molecule has 6 aromatic carbocycles. The molecule has 0 unspecified atom stereocenters. The summed E-state index contributed by atoms with van der Waals surface area (Å²) in [5, 5.41) is 8.10. The Morgan fingerprint density at radius 1 is 0.513 bits per heavy atom. The Morgan fingerprint density at radius 2 is 1.15 bits per heavy atom. The summed E-state index contributed by atoms with van der Waals surface area (Å²) in [7, 11) is -3.13. The van der Waals surface area contributed by atoms with Gasteiger partial charge in [-0.3, -0.25) is 4.40 Å². The Hall–Kier alpha value is -4.72. The first-order chi connectivity index (χ1) is 19.2. The zero-order valence-electron chi connectivity index (χ0n) is 21.0. The zero-order chi connectivity index (χ0) is 26.0. The molecule has 0 fully saturated rings. The largest absolute Gasteiger partial charge is 0.309 e. The summed E-state index contributed by atoms with van der Waals surface area (Å²) in [6.45, 7) is 0. The quantitative estimate of drug-likeness (QED) is 0.178. The third kappa shape index (κ3) is 3.17. The average Bonchev–Trinajstić information content (AvgIpc) is 3.41. The molecule has 3 nitrogen and oxygen atoms in total. The number of hydrogen-bond acceptors (Lipinski definition) is 2. The van der Waals surface area contributed by atoms with Crippen LogP contribution >= 0.6 is 7.14 Å². The van der Waals surface area contributed by atoms with E-state index in [1.807, 2.05) is 66.7 Å². The molecule has 8 aromatic rings. The summed E-state index contributed by atoms with van der Waals surface area (Å²) in [4.78, 5) is 5.14. The molecule has 0 spiro atoms. The van der Waals surface area contributed by atoms with Crippen LogP contribution in [-0.4, -0.2) is 9.38 Å². The molecule has 39 heavy (non-hydrogen) atoms. The zero-order valence-corrected chi connectivity index (χ0v) is 21.9. The minimum atomic E-state index is -3.13. The van der Waals surface area contributed by atoms with Crippen molar-refractivity contribution in [1.29, 1.82) is 0 Å². The number of imidazole rings is 1. The van der Waals surface area contributed by atoms with Gasteiger partial charge in [0.1, 0.15) is 5.65 Å². The number of hydrogen-bond donors (Lipinski definition) is 0. The summed E-state index contributed by atoms with van der Waals surface area (Å²) < 4.78 is 17.5. The van der Waals surface area contributed by atoms with Gasteiger partial charge in [-0.1, -0.05) is 121 Å². The maximum Gasteiger partial charge on any atom is 0.171 e. The second kappa shape index (κ2) is 8.39. The first-order valence-electron chi connectivity index (χ1n) is 13.1. The summed E-state index contributed by atoms with van der Waals surface area (Å²) >= 11 is 0. The lowest BCUT2D eigenvalue weighted by Crippen LogP contribution is -2.25. The number of nitrogens with zero attached hydrogens (tertiary/aromatic N) is 2. The minimum Gasteiger partial charge on any atom is -0.309 e. The van der Waals surface area contributed by atoms with E-state index < -0.39 is 7.14 Å². The van der Waals surface area contributed by atoms with Crippen LogP contribution in [0.25, 0.3) is 49.1 Å². The van der Waals surface area contributed by atoms with Gasteiger partial charge in [0.15, 0.2) is 7.14 Å². The van der Waals surface area contributed by atoms with Crippen LogP contribution in [-0.2, 0) is 4.57 Å². The van der Waals surface area contributed by atoms with Crippen LogP contribution in [0.15, 0.2) is 140 Å². The molecule has 0 atom stereocenters. The SMILES string of the molecule is O=P(c1ccccc1)(c1ccccc1)c1ccc2c(c1)c1nc3ccccc3n1c1c3ccccc3ccc21. The predicted molar refractivity (Wildman–Crippen MR) is 165 cm³/mol. The van der Waals surface area contributed by atoms with Gasteiger partial charge in [-0.05, 0) is 29.0 Å². The maximum atomic E-state index is 15.2. The third-order valence-electron chi connectivity index (χ3n) is 7.82. The Kier molecular flexibility index (Phi) is 4.79. The molecule has 0 N–H and O–H groups in total. The van der Waals surface area contributed by atoms with E-state index in [1.165, 1.54) is 10.8 Å². The van der Waals surface area contributed by atoms with Crippen molar-refractivity contribution in [3.8, 4) is 0 Å². The molecule has 2 heterocycles. The number of rotatable bonds is 3. The normalized spacial score (nSPS) is 12.2. The van der Waals surface area contributed by atoms with Gasteiger partial charge in [0.05, 0.1) is 16.6 Å². The van der Waals surface area contributed by atoms with Crippen molar-refractivity contribution in [1.82, 2.24) is 9.38 Å². The highest BCUT2D eigenvalue weighted by Crippen LogP contribution is 2.44. The molecular weight excluding hydrogens is 495 g/mol. The Morgan fingerprint density at radius 3 is 1.92 bits per heavy atom. The maximum absolute atomic E-state index is 15.2. The van der Waals surface area contributed by atoms with Crippen LogP contribution in [0.2, 0.25) is 0 Å². The van der Waals surface area contributed by atoms with Crippen molar-refractivity contribution >= 4 is 72.2 Å². The fourth-order valence-corrected chi connectivity index (χ4v) is 8.69. The molecule has 0 aliphatic carbocycles. The fraction of sp³-hybridized carbons (Fsp3) is 0. The van der Waals surface area contributed by atoms with E-state index in [2.05, 4.69) is 77.2 Å². The van der Waals surface area contributed by atoms with Crippen LogP contribution in [0.4, 0.5) is 0 Å². The van der Waals surface area contributed by atoms with Gasteiger partial charge in [-0.25, -0.2) is 4.98 Å². The molecule has 0 saturated heterocycles. The van der Waals surface area contributed by atoms with Crippen molar-refractivity contribution in [3.05, 3.63) is 140 Å². The molecule has 4 heteroatoms. The molecular formula is C35H23N2OP. The lowest BCUT2D eigenvalue weighted by molar-refractivity contribution is 0.592. The van der Waals surface area contributed by atoms with Gasteiger partial charge in [0.2, 0.25) is 0 Å². The van der Waals surface area contributed by atoms with Crippen LogP contribution in [0.3, 0.4) is 0 Å². The Bertz CT molecular complexity index is 2210. The molecule has 0 amide bonds. The van der Waals surface area contributed by atoms with Crippen molar-refractivity contribution in [2.24, 2.45) is 0 Å². The molecule has 0 aliphatic heterocycles. The highest BCUT2D eigenvalue weighted by Gasteiger charge is 2.30. The first-order valence-corrected chi connectivity index (χ1v) is 14.8. The minimum absolute atomic E-state index is 0.807. The third-order valence-corrected chi connectivity index (χ3v) is 10.9. The van der Waals surface area contributed by atoms with Crippen molar-refractivity contribution in [3.63, 3.8) is 0 Å². The predicted octanol–water partition coefficient (Wildman–Crippen LogP) is 7.59. The standard InChI is InChI=1S/C35H23N2OP/c38-39(25-12-3-1-4-13-25,26-14-5-2-6-15-26)27-20-22-29-30-21-19-24-11-7-8-16-28(24)34(30)37-33-18-10-9-17-32(33)36-35(37)31(29)23-27/h1-23H. The first kappa shape index (κ1) is 22.3. The second-order valence-corrected chi connectivity index (χ2v) is 12.7. The van der Waals surface area contributed by atoms with Crippen LogP contribution in [0.1, 0.15) is 0 Å². The van der Waals surface area contributed by atoms with E-state index in [0.29, 0.717) is 0 Å². The van der Waals surface area contributed by atoms with Crippen LogP contribution < -0.4 is 15.9 Å². The summed E-state index contributed by atoms with van der Waals surface area (Å²) in [6, 6.07) is 47.2. The van der Waals surface area contributed by atoms with E-state index in [0.717, 1.165) is 54.3 Å². The van der Waals surface area contributed by atoms with Gasteiger partial charge in [0, 0.05) is 32.1 Å². The van der Waals surface area contributed by atoms with Crippen LogP contribution in [0, 0.1) is 0 Å². The van der Waals surface area contributed by atoms with E-state index in [1.54, 1.807) is 0 Å². The average molecular weight is 519 g/mol. The Balaban J connectivity index is 1.55. The number of benzene rings is 6. The number of para-hydroxylation sites is 2. The fourth-order valence-electron chi connectivity index (χ4n) is 6.02. The van der Waals surface area contributed by atoms with E-state index in [4.69, 9.17) is 4.98 Å². The van der Waals surface area contributed by atoms with E-state index >= 15 is 4.57 Å². The van der Waals surface area contributed by atoms with Gasteiger partial charge in [-0.15, -0.1) is 0 Å². The molecule has 0 bridgehead atoms. The highest BCUT2D eigenvalue weighted by molar-refractivity contribution is 7.85. The number of pyridine rings is 1. The van der Waals surface area contributed by atoms with Gasteiger partial charge >= 0.3 is 0 Å². The van der Waals surface area contributed by atoms with Crippen molar-refractivity contribution < 1.29 is 4.57 Å². The van der Waals surface area contributed by atoms with Crippen molar-refractivity contribution in [2.75, 3.05) is 0 Å². The molecule has 0 saturated carbocycles. The lowest BCUT2D eigenvalue weighted by Gasteiger charge is -2.21. The smallest absolute Gasteiger partial charge is 0.171 e. The van der Waals surface area contributed by atoms with Gasteiger partial charge in [0.25, 0.3) is 0 Å². The molecule has 0 aliphatic rings. The Labute approximate surface area is 225 Å². The summed E-state index contributed by atoms with van der Waals surface area (Å²) in [6.07, 6.45) is 0. The molecule has 184 valence electrons. The topological polar surface area (TPSA) is 34.4 Å². The second-order valence-electron chi connectivity index (χ2n) is 9.95. The summed E-state index contributed by atoms with van der Waals surface area (Å²) in [5.41, 5.74) is 4.03. The van der Waals surface area contributed by atoms with Gasteiger partial charge in [-0.2, -0.15) is 0 Å². The highest BCUT2D eigenvalue weighted by atomic mass is 31.2. The van der Waals surface area contributed by atoms with Gasteiger partial charge < -0.3 is 4.57 Å². The van der Waals surface area contributed by atoms with Crippen LogP contribution in [0.5, 0.6) is 0 Å². The summed E-state index contributed by atoms with van der Waals surface area (Å²) in [5.74, 6) is 0. The molecule has 0 radical (unpaired) electrons.